The Morgan fingerprint density at radius 3 is 2.52 bits per heavy atom. The first-order valence-electron chi connectivity index (χ1n) is 6.97. The molecule has 0 N–H and O–H groups in total. The summed E-state index contributed by atoms with van der Waals surface area (Å²) in [5, 5.41) is 9.19. The number of halogens is 1. The summed E-state index contributed by atoms with van der Waals surface area (Å²) in [6.07, 6.45) is 3.80. The monoisotopic (exact) mass is 297 g/mol. The van der Waals surface area contributed by atoms with Crippen molar-refractivity contribution in [1.82, 2.24) is 15.0 Å². The predicted molar refractivity (Wildman–Crippen MR) is 84.4 cm³/mol. The Hall–Kier alpha value is -2.13. The summed E-state index contributed by atoms with van der Waals surface area (Å²) < 4.78 is 1.88. The van der Waals surface area contributed by atoms with Crippen molar-refractivity contribution in [3.8, 4) is 0 Å². The average molecular weight is 298 g/mol. The van der Waals surface area contributed by atoms with Crippen LogP contribution in [0.25, 0.3) is 0 Å². The molecule has 0 unspecified atom stereocenters. The molecule has 0 spiro atoms. The third kappa shape index (κ3) is 3.92. The van der Waals surface area contributed by atoms with Crippen LogP contribution in [0.3, 0.4) is 0 Å². The minimum absolute atomic E-state index is 0.755. The maximum Gasteiger partial charge on any atom is 0.0830 e. The summed E-state index contributed by atoms with van der Waals surface area (Å²) >= 11 is 5.99. The molecule has 4 heteroatoms. The molecule has 0 atom stereocenters. The molecule has 0 saturated heterocycles. The van der Waals surface area contributed by atoms with E-state index in [0.29, 0.717) is 0 Å². The fourth-order valence-electron chi connectivity index (χ4n) is 2.27. The maximum atomic E-state index is 5.99. The molecule has 3 rings (SSSR count). The summed E-state index contributed by atoms with van der Waals surface area (Å²) in [6.45, 7) is 0.755. The van der Waals surface area contributed by atoms with Gasteiger partial charge >= 0.3 is 0 Å². The van der Waals surface area contributed by atoms with Gasteiger partial charge in [-0.1, -0.05) is 59.3 Å². The summed E-state index contributed by atoms with van der Waals surface area (Å²) in [6, 6.07) is 18.2. The zero-order valence-electron chi connectivity index (χ0n) is 11.6. The highest BCUT2D eigenvalue weighted by Crippen LogP contribution is 2.12. The van der Waals surface area contributed by atoms with Crippen molar-refractivity contribution < 1.29 is 0 Å². The molecule has 0 fully saturated rings. The molecule has 0 aliphatic rings. The van der Waals surface area contributed by atoms with Crippen molar-refractivity contribution in [2.45, 2.75) is 19.4 Å². The van der Waals surface area contributed by atoms with E-state index in [1.807, 2.05) is 47.3 Å². The quantitative estimate of drug-likeness (QED) is 0.718. The Morgan fingerprint density at radius 1 is 0.905 bits per heavy atom. The van der Waals surface area contributed by atoms with E-state index in [9.17, 15) is 0 Å². The number of hydrogen-bond donors (Lipinski definition) is 0. The van der Waals surface area contributed by atoms with Gasteiger partial charge in [-0.25, -0.2) is 4.68 Å². The van der Waals surface area contributed by atoms with E-state index < -0.39 is 0 Å². The molecule has 0 radical (unpaired) electrons. The van der Waals surface area contributed by atoms with Gasteiger partial charge in [0.2, 0.25) is 0 Å². The van der Waals surface area contributed by atoms with Gasteiger partial charge in [0.25, 0.3) is 0 Å². The van der Waals surface area contributed by atoms with Gasteiger partial charge in [-0.2, -0.15) is 0 Å². The summed E-state index contributed by atoms with van der Waals surface area (Å²) in [7, 11) is 0. The number of aromatic nitrogens is 3. The Balaban J connectivity index is 1.60. The second-order valence-corrected chi connectivity index (χ2v) is 5.46. The lowest BCUT2D eigenvalue weighted by Crippen LogP contribution is -1.99. The SMILES string of the molecule is Clc1cccc(CCc2cn(Cc3ccccc3)nn2)c1. The second kappa shape index (κ2) is 6.55. The van der Waals surface area contributed by atoms with Gasteiger partial charge in [0.1, 0.15) is 0 Å². The largest absolute Gasteiger partial charge is 0.248 e. The highest BCUT2D eigenvalue weighted by Gasteiger charge is 2.03. The lowest BCUT2D eigenvalue weighted by molar-refractivity contribution is 0.649. The van der Waals surface area contributed by atoms with Gasteiger partial charge in [0.15, 0.2) is 0 Å². The molecule has 0 bridgehead atoms. The van der Waals surface area contributed by atoms with Crippen LogP contribution in [0.5, 0.6) is 0 Å². The molecule has 1 aromatic heterocycles. The van der Waals surface area contributed by atoms with Gasteiger partial charge in [-0.15, -0.1) is 5.10 Å². The molecule has 0 saturated carbocycles. The Labute approximate surface area is 129 Å². The summed E-state index contributed by atoms with van der Waals surface area (Å²) in [5.74, 6) is 0. The van der Waals surface area contributed by atoms with Crippen LogP contribution in [-0.2, 0) is 19.4 Å². The summed E-state index contributed by atoms with van der Waals surface area (Å²) in [4.78, 5) is 0. The molecule has 3 aromatic rings. The number of aryl methyl sites for hydroxylation is 2. The Bertz CT molecular complexity index is 707. The van der Waals surface area contributed by atoms with Crippen LogP contribution < -0.4 is 0 Å². The highest BCUT2D eigenvalue weighted by atomic mass is 35.5. The molecule has 3 nitrogen and oxygen atoms in total. The third-order valence-electron chi connectivity index (χ3n) is 3.33. The van der Waals surface area contributed by atoms with Gasteiger partial charge in [-0.05, 0) is 36.1 Å². The minimum atomic E-state index is 0.755. The number of hydrogen-bond acceptors (Lipinski definition) is 2. The summed E-state index contributed by atoms with van der Waals surface area (Å²) in [5.41, 5.74) is 3.45. The van der Waals surface area contributed by atoms with Gasteiger partial charge in [-0.3, -0.25) is 0 Å². The van der Waals surface area contributed by atoms with Crippen molar-refractivity contribution in [1.29, 1.82) is 0 Å². The van der Waals surface area contributed by atoms with Gasteiger partial charge < -0.3 is 0 Å². The van der Waals surface area contributed by atoms with Crippen LogP contribution in [0, 0.1) is 0 Å². The maximum absolute atomic E-state index is 5.99. The van der Waals surface area contributed by atoms with Crippen LogP contribution in [0.4, 0.5) is 0 Å². The molecule has 21 heavy (non-hydrogen) atoms. The Kier molecular flexibility index (Phi) is 4.31. The Morgan fingerprint density at radius 2 is 1.71 bits per heavy atom. The highest BCUT2D eigenvalue weighted by molar-refractivity contribution is 6.30. The van der Waals surface area contributed by atoms with Crippen molar-refractivity contribution in [2.24, 2.45) is 0 Å². The molecular formula is C17H16ClN3. The lowest BCUT2D eigenvalue weighted by Gasteiger charge is -2.00. The predicted octanol–water partition coefficient (Wildman–Crippen LogP) is 3.77. The number of rotatable bonds is 5. The van der Waals surface area contributed by atoms with E-state index in [4.69, 9.17) is 11.6 Å². The first-order valence-corrected chi connectivity index (χ1v) is 7.35. The van der Waals surface area contributed by atoms with Crippen molar-refractivity contribution in [2.75, 3.05) is 0 Å². The van der Waals surface area contributed by atoms with Crippen LogP contribution in [0.1, 0.15) is 16.8 Å². The zero-order chi connectivity index (χ0) is 14.5. The zero-order valence-corrected chi connectivity index (χ0v) is 12.4. The molecular weight excluding hydrogens is 282 g/mol. The molecule has 2 aromatic carbocycles. The van der Waals surface area contributed by atoms with E-state index in [1.165, 1.54) is 11.1 Å². The van der Waals surface area contributed by atoms with Gasteiger partial charge in [0, 0.05) is 11.2 Å². The van der Waals surface area contributed by atoms with Crippen molar-refractivity contribution >= 4 is 11.6 Å². The number of nitrogens with zero attached hydrogens (tertiary/aromatic N) is 3. The van der Waals surface area contributed by atoms with E-state index in [-0.39, 0.29) is 0 Å². The van der Waals surface area contributed by atoms with Gasteiger partial charge in [0.05, 0.1) is 12.2 Å². The fraction of sp³-hybridized carbons (Fsp3) is 0.176. The standard InChI is InChI=1S/C17H16ClN3/c18-16-8-4-7-14(11-16)9-10-17-13-21(20-19-17)12-15-5-2-1-3-6-15/h1-8,11,13H,9-10,12H2. The first kappa shape index (κ1) is 13.8. The molecule has 0 amide bonds. The molecule has 0 aliphatic heterocycles. The molecule has 0 aliphatic carbocycles. The average Bonchev–Trinajstić information content (AvgIpc) is 2.94. The molecule has 106 valence electrons. The first-order chi connectivity index (χ1) is 10.3. The van der Waals surface area contributed by atoms with E-state index in [2.05, 4.69) is 28.5 Å². The smallest absolute Gasteiger partial charge is 0.0830 e. The fourth-order valence-corrected chi connectivity index (χ4v) is 2.48. The van der Waals surface area contributed by atoms with E-state index >= 15 is 0 Å². The minimum Gasteiger partial charge on any atom is -0.248 e. The van der Waals surface area contributed by atoms with Crippen molar-refractivity contribution in [3.05, 3.63) is 82.6 Å². The third-order valence-corrected chi connectivity index (χ3v) is 3.57. The van der Waals surface area contributed by atoms with Crippen LogP contribution >= 0.6 is 11.6 Å². The topological polar surface area (TPSA) is 30.7 Å². The van der Waals surface area contributed by atoms with Crippen molar-refractivity contribution in [3.63, 3.8) is 0 Å². The molecule has 1 heterocycles. The van der Waals surface area contributed by atoms with E-state index in [0.717, 1.165) is 30.1 Å². The van der Waals surface area contributed by atoms with E-state index in [1.54, 1.807) is 0 Å². The lowest BCUT2D eigenvalue weighted by atomic mass is 10.1. The van der Waals surface area contributed by atoms with Crippen LogP contribution in [0.2, 0.25) is 5.02 Å². The number of benzene rings is 2. The second-order valence-electron chi connectivity index (χ2n) is 5.02. The normalized spacial score (nSPS) is 10.7. The van der Waals surface area contributed by atoms with Crippen LogP contribution in [0.15, 0.2) is 60.8 Å². The van der Waals surface area contributed by atoms with Crippen LogP contribution in [-0.4, -0.2) is 15.0 Å².